The number of aliphatic hydroxyl groups is 1. The minimum Gasteiger partial charge on any atom is -0.389 e. The molecule has 0 spiro atoms. The molecule has 0 aromatic heterocycles. The van der Waals surface area contributed by atoms with Gasteiger partial charge in [-0.2, -0.15) is 0 Å². The maximum atomic E-state index is 9.31. The van der Waals surface area contributed by atoms with E-state index in [0.717, 1.165) is 6.54 Å². The molecule has 3 heteroatoms. The van der Waals surface area contributed by atoms with E-state index in [4.69, 9.17) is 4.74 Å². The molecule has 1 heterocycles. The van der Waals surface area contributed by atoms with Gasteiger partial charge in [0, 0.05) is 0 Å². The highest BCUT2D eigenvalue weighted by Gasteiger charge is 2.25. The molecule has 0 radical (unpaired) electrons. The van der Waals surface area contributed by atoms with E-state index in [2.05, 4.69) is 19.2 Å². The van der Waals surface area contributed by atoms with E-state index in [1.54, 1.807) is 0 Å². The van der Waals surface area contributed by atoms with Crippen LogP contribution in [0.25, 0.3) is 0 Å². The lowest BCUT2D eigenvalue weighted by Crippen LogP contribution is -2.40. The van der Waals surface area contributed by atoms with Crippen LogP contribution in [0.5, 0.6) is 0 Å². The van der Waals surface area contributed by atoms with Crippen LogP contribution >= 0.6 is 0 Å². The summed E-state index contributed by atoms with van der Waals surface area (Å²) in [6.07, 6.45) is -0.311. The lowest BCUT2D eigenvalue weighted by atomic mass is 10.1. The summed E-state index contributed by atoms with van der Waals surface area (Å²) >= 11 is 0. The van der Waals surface area contributed by atoms with Crippen LogP contribution in [0.1, 0.15) is 13.8 Å². The van der Waals surface area contributed by atoms with Gasteiger partial charge in [0.15, 0.2) is 0 Å². The summed E-state index contributed by atoms with van der Waals surface area (Å²) in [6.45, 7) is 6.37. The Kier molecular flexibility index (Phi) is 3.30. The Labute approximate surface area is 67.7 Å². The SMILES string of the molecule is CC(C)CN[C@@H]1COC[C@@H]1O. The minimum absolute atomic E-state index is 0.150. The van der Waals surface area contributed by atoms with Crippen molar-refractivity contribution in [2.75, 3.05) is 19.8 Å². The van der Waals surface area contributed by atoms with Crippen molar-refractivity contribution in [1.82, 2.24) is 5.32 Å². The van der Waals surface area contributed by atoms with Gasteiger partial charge in [-0.25, -0.2) is 0 Å². The molecule has 1 saturated heterocycles. The van der Waals surface area contributed by atoms with Crippen molar-refractivity contribution in [2.24, 2.45) is 5.92 Å². The Bertz CT molecular complexity index is 117. The first-order chi connectivity index (χ1) is 5.20. The molecule has 0 aromatic rings. The van der Waals surface area contributed by atoms with Gasteiger partial charge in [0.1, 0.15) is 0 Å². The third-order valence-electron chi connectivity index (χ3n) is 1.84. The lowest BCUT2D eigenvalue weighted by Gasteiger charge is -2.15. The number of aliphatic hydroxyl groups excluding tert-OH is 1. The second kappa shape index (κ2) is 4.04. The summed E-state index contributed by atoms with van der Waals surface area (Å²) in [4.78, 5) is 0. The first-order valence-electron chi connectivity index (χ1n) is 4.19. The normalized spacial score (nSPS) is 31.6. The van der Waals surface area contributed by atoms with Crippen molar-refractivity contribution in [3.8, 4) is 0 Å². The molecule has 0 aliphatic carbocycles. The Hall–Kier alpha value is -0.120. The average molecular weight is 159 g/mol. The van der Waals surface area contributed by atoms with Crippen LogP contribution in [0, 0.1) is 5.92 Å². The molecule has 1 fully saturated rings. The molecule has 0 bridgehead atoms. The van der Waals surface area contributed by atoms with Gasteiger partial charge < -0.3 is 15.2 Å². The fourth-order valence-corrected chi connectivity index (χ4v) is 1.13. The molecule has 0 saturated carbocycles. The summed E-state index contributed by atoms with van der Waals surface area (Å²) in [7, 11) is 0. The lowest BCUT2D eigenvalue weighted by molar-refractivity contribution is 0.122. The van der Waals surface area contributed by atoms with Crippen molar-refractivity contribution >= 4 is 0 Å². The highest BCUT2D eigenvalue weighted by molar-refractivity contribution is 4.80. The Morgan fingerprint density at radius 3 is 2.73 bits per heavy atom. The van der Waals surface area contributed by atoms with Gasteiger partial charge in [-0.15, -0.1) is 0 Å². The van der Waals surface area contributed by atoms with E-state index in [9.17, 15) is 5.11 Å². The molecule has 1 aliphatic heterocycles. The number of hydrogen-bond acceptors (Lipinski definition) is 3. The van der Waals surface area contributed by atoms with Crippen molar-refractivity contribution in [1.29, 1.82) is 0 Å². The van der Waals surface area contributed by atoms with Gasteiger partial charge in [0.05, 0.1) is 25.4 Å². The molecular weight excluding hydrogens is 142 g/mol. The summed E-state index contributed by atoms with van der Waals surface area (Å²) < 4.78 is 5.09. The molecule has 1 aliphatic rings. The molecule has 3 nitrogen and oxygen atoms in total. The predicted molar refractivity (Wildman–Crippen MR) is 43.5 cm³/mol. The molecule has 0 unspecified atom stereocenters. The summed E-state index contributed by atoms with van der Waals surface area (Å²) in [6, 6.07) is 0.150. The van der Waals surface area contributed by atoms with Crippen LogP contribution in [0.2, 0.25) is 0 Å². The first-order valence-corrected chi connectivity index (χ1v) is 4.19. The monoisotopic (exact) mass is 159 g/mol. The van der Waals surface area contributed by atoms with Gasteiger partial charge in [0.2, 0.25) is 0 Å². The highest BCUT2D eigenvalue weighted by Crippen LogP contribution is 2.05. The van der Waals surface area contributed by atoms with E-state index in [1.165, 1.54) is 0 Å². The van der Waals surface area contributed by atoms with Crippen molar-refractivity contribution < 1.29 is 9.84 Å². The molecule has 0 amide bonds. The van der Waals surface area contributed by atoms with Gasteiger partial charge in [0.25, 0.3) is 0 Å². The summed E-state index contributed by atoms with van der Waals surface area (Å²) in [5.41, 5.74) is 0. The zero-order chi connectivity index (χ0) is 8.27. The maximum Gasteiger partial charge on any atom is 0.0948 e. The Morgan fingerprint density at radius 1 is 1.55 bits per heavy atom. The molecular formula is C8H17NO2. The molecule has 11 heavy (non-hydrogen) atoms. The van der Waals surface area contributed by atoms with Gasteiger partial charge in [-0.1, -0.05) is 13.8 Å². The fourth-order valence-electron chi connectivity index (χ4n) is 1.13. The molecule has 0 aromatic carbocycles. The largest absolute Gasteiger partial charge is 0.389 e. The third-order valence-corrected chi connectivity index (χ3v) is 1.84. The number of nitrogens with one attached hydrogen (secondary N) is 1. The van der Waals surface area contributed by atoms with Gasteiger partial charge in [-0.05, 0) is 12.5 Å². The molecule has 2 N–H and O–H groups in total. The Balaban J connectivity index is 2.15. The second-order valence-electron chi connectivity index (χ2n) is 3.51. The van der Waals surface area contributed by atoms with Crippen molar-refractivity contribution in [3.63, 3.8) is 0 Å². The van der Waals surface area contributed by atoms with E-state index >= 15 is 0 Å². The minimum atomic E-state index is -0.311. The first kappa shape index (κ1) is 8.97. The Morgan fingerprint density at radius 2 is 2.27 bits per heavy atom. The second-order valence-corrected chi connectivity index (χ2v) is 3.51. The van der Waals surface area contributed by atoms with Crippen molar-refractivity contribution in [2.45, 2.75) is 26.0 Å². The van der Waals surface area contributed by atoms with E-state index in [1.807, 2.05) is 0 Å². The summed E-state index contributed by atoms with van der Waals surface area (Å²) in [5.74, 6) is 0.628. The quantitative estimate of drug-likeness (QED) is 0.608. The van der Waals surface area contributed by atoms with E-state index in [0.29, 0.717) is 19.1 Å². The van der Waals surface area contributed by atoms with Crippen LogP contribution in [0.4, 0.5) is 0 Å². The fraction of sp³-hybridized carbons (Fsp3) is 1.00. The highest BCUT2D eigenvalue weighted by atomic mass is 16.5. The van der Waals surface area contributed by atoms with Crippen molar-refractivity contribution in [3.05, 3.63) is 0 Å². The van der Waals surface area contributed by atoms with E-state index in [-0.39, 0.29) is 12.1 Å². The zero-order valence-electron chi connectivity index (χ0n) is 7.21. The number of rotatable bonds is 3. The topological polar surface area (TPSA) is 41.5 Å². The number of hydrogen-bond donors (Lipinski definition) is 2. The zero-order valence-corrected chi connectivity index (χ0v) is 7.21. The van der Waals surface area contributed by atoms with Gasteiger partial charge >= 0.3 is 0 Å². The standard InChI is InChI=1S/C8H17NO2/c1-6(2)3-9-7-4-11-5-8(7)10/h6-10H,3-5H2,1-2H3/t7-,8+/m1/s1. The molecule has 1 rings (SSSR count). The van der Waals surface area contributed by atoms with Crippen LogP contribution in [0.15, 0.2) is 0 Å². The molecule has 66 valence electrons. The van der Waals surface area contributed by atoms with Gasteiger partial charge in [-0.3, -0.25) is 0 Å². The average Bonchev–Trinajstić information content (AvgIpc) is 2.31. The van der Waals surface area contributed by atoms with Crippen LogP contribution in [-0.4, -0.2) is 37.0 Å². The van der Waals surface area contributed by atoms with Crippen LogP contribution < -0.4 is 5.32 Å². The number of ether oxygens (including phenoxy) is 1. The predicted octanol–water partition coefficient (Wildman–Crippen LogP) is -0.00830. The van der Waals surface area contributed by atoms with Crippen LogP contribution in [0.3, 0.4) is 0 Å². The smallest absolute Gasteiger partial charge is 0.0948 e. The van der Waals surface area contributed by atoms with Crippen LogP contribution in [-0.2, 0) is 4.74 Å². The third kappa shape index (κ3) is 2.77. The maximum absolute atomic E-state index is 9.31. The molecule has 2 atom stereocenters. The summed E-state index contributed by atoms with van der Waals surface area (Å²) in [5, 5.41) is 12.6. The van der Waals surface area contributed by atoms with E-state index < -0.39 is 0 Å².